The Morgan fingerprint density at radius 3 is 2.46 bits per heavy atom. The Balaban J connectivity index is 1.78. The van der Waals surface area contributed by atoms with Gasteiger partial charge in [0.25, 0.3) is 5.69 Å². The summed E-state index contributed by atoms with van der Waals surface area (Å²) in [6.45, 7) is -0.120. The minimum absolute atomic E-state index is 0.0712. The lowest BCUT2D eigenvalue weighted by atomic mass is 10.0. The third kappa shape index (κ3) is 3.71. The molecule has 0 aromatic heterocycles. The number of nitro groups is 1. The number of hydrogen-bond donors (Lipinski definition) is 0. The monoisotopic (exact) mass is 395 g/mol. The molecule has 1 aliphatic rings. The first-order valence-corrected chi connectivity index (χ1v) is 10.1. The Morgan fingerprint density at radius 1 is 1.19 bits per heavy atom. The molecule has 2 atom stereocenters. The summed E-state index contributed by atoms with van der Waals surface area (Å²) in [6.07, 6.45) is 0.152. The van der Waals surface area contributed by atoms with E-state index in [4.69, 9.17) is 15.4 Å². The van der Waals surface area contributed by atoms with Gasteiger partial charge in [-0.15, -0.1) is 0 Å². The average Bonchev–Trinajstić information content (AvgIpc) is 3.00. The number of rotatable bonds is 5. The quantitative estimate of drug-likeness (QED) is 0.333. The number of fused-ring (bicyclic) bond motifs is 1. The molecule has 0 aliphatic heterocycles. The summed E-state index contributed by atoms with van der Waals surface area (Å²) in [4.78, 5) is 22.7. The van der Waals surface area contributed by atoms with E-state index in [0.29, 0.717) is 11.1 Å². The fourth-order valence-corrected chi connectivity index (χ4v) is 4.52. The Morgan fingerprint density at radius 2 is 1.85 bits per heavy atom. The molecule has 2 aromatic carbocycles. The van der Waals surface area contributed by atoms with Gasteiger partial charge in [-0.2, -0.15) is 0 Å². The van der Waals surface area contributed by atoms with E-state index >= 15 is 0 Å². The molecule has 1 aliphatic carbocycles. The first-order valence-electron chi connectivity index (χ1n) is 7.68. The number of carbonyl (C=O) groups is 1. The maximum atomic E-state index is 12.6. The molecule has 0 heterocycles. The number of nitro benzene ring substituents is 1. The lowest BCUT2D eigenvalue weighted by molar-refractivity contribution is -0.384. The van der Waals surface area contributed by atoms with E-state index in [1.807, 2.05) is 0 Å². The van der Waals surface area contributed by atoms with Crippen molar-refractivity contribution in [1.29, 1.82) is 0 Å². The van der Waals surface area contributed by atoms with E-state index in [-0.39, 0.29) is 18.7 Å². The van der Waals surface area contributed by atoms with Gasteiger partial charge < -0.3 is 4.74 Å². The van der Waals surface area contributed by atoms with Gasteiger partial charge in [0, 0.05) is 22.8 Å². The SMILES string of the molecule is O=C(OCc1ccc([N+](=O)[O-])cc1)C1c2ccccc2CC1S(=O)(=O)Cl. The van der Waals surface area contributed by atoms with Gasteiger partial charge in [0.05, 0.1) is 10.2 Å². The lowest BCUT2D eigenvalue weighted by Crippen LogP contribution is -2.29. The number of non-ortho nitro benzene ring substituents is 1. The number of hydrogen-bond acceptors (Lipinski definition) is 6. The highest BCUT2D eigenvalue weighted by atomic mass is 35.7. The van der Waals surface area contributed by atoms with Crippen LogP contribution in [0.5, 0.6) is 0 Å². The van der Waals surface area contributed by atoms with Gasteiger partial charge in [0.1, 0.15) is 12.5 Å². The van der Waals surface area contributed by atoms with Gasteiger partial charge in [-0.25, -0.2) is 8.42 Å². The summed E-state index contributed by atoms with van der Waals surface area (Å²) in [5.74, 6) is -1.69. The Hall–Kier alpha value is -2.45. The molecule has 0 saturated carbocycles. The molecule has 2 unspecified atom stereocenters. The van der Waals surface area contributed by atoms with Crippen LogP contribution in [0.1, 0.15) is 22.6 Å². The van der Waals surface area contributed by atoms with Crippen LogP contribution < -0.4 is 0 Å². The molecule has 0 saturated heterocycles. The number of carbonyl (C=O) groups excluding carboxylic acids is 1. The van der Waals surface area contributed by atoms with Gasteiger partial charge in [0.2, 0.25) is 9.05 Å². The fourth-order valence-electron chi connectivity index (χ4n) is 3.06. The third-order valence-corrected chi connectivity index (χ3v) is 6.18. The van der Waals surface area contributed by atoms with Crippen LogP contribution >= 0.6 is 10.7 Å². The first-order chi connectivity index (χ1) is 12.3. The van der Waals surface area contributed by atoms with Gasteiger partial charge in [0.15, 0.2) is 0 Å². The third-order valence-electron chi connectivity index (χ3n) is 4.33. The zero-order valence-electron chi connectivity index (χ0n) is 13.4. The van der Waals surface area contributed by atoms with Crippen molar-refractivity contribution < 1.29 is 22.9 Å². The molecule has 3 rings (SSSR count). The zero-order chi connectivity index (χ0) is 18.9. The summed E-state index contributed by atoms with van der Waals surface area (Å²) in [6, 6.07) is 12.5. The molecule has 0 amide bonds. The topological polar surface area (TPSA) is 104 Å². The maximum absolute atomic E-state index is 12.6. The van der Waals surface area contributed by atoms with Crippen molar-refractivity contribution in [3.05, 3.63) is 75.3 Å². The van der Waals surface area contributed by atoms with Crippen molar-refractivity contribution in [3.8, 4) is 0 Å². The number of benzene rings is 2. The molecule has 0 N–H and O–H groups in total. The van der Waals surface area contributed by atoms with E-state index in [9.17, 15) is 23.3 Å². The molecule has 0 radical (unpaired) electrons. The van der Waals surface area contributed by atoms with Gasteiger partial charge in [-0.05, 0) is 35.2 Å². The molecular formula is C17H14ClNO6S. The van der Waals surface area contributed by atoms with E-state index in [2.05, 4.69) is 0 Å². The first kappa shape index (κ1) is 18.3. The average molecular weight is 396 g/mol. The normalized spacial score (nSPS) is 19.0. The van der Waals surface area contributed by atoms with Crippen LogP contribution in [-0.4, -0.2) is 24.6 Å². The number of nitrogens with zero attached hydrogens (tertiary/aromatic N) is 1. The van der Waals surface area contributed by atoms with Crippen LogP contribution in [0.15, 0.2) is 48.5 Å². The van der Waals surface area contributed by atoms with Crippen molar-refractivity contribution in [3.63, 3.8) is 0 Å². The minimum Gasteiger partial charge on any atom is -0.460 e. The van der Waals surface area contributed by atoms with E-state index < -0.39 is 31.1 Å². The largest absolute Gasteiger partial charge is 0.460 e. The summed E-state index contributed by atoms with van der Waals surface area (Å²) in [5, 5.41) is 9.57. The molecule has 0 fully saturated rings. The Labute approximate surface area is 154 Å². The van der Waals surface area contributed by atoms with E-state index in [0.717, 1.165) is 5.56 Å². The molecular weight excluding hydrogens is 382 g/mol. The Kier molecular flexibility index (Phi) is 4.97. The summed E-state index contributed by atoms with van der Waals surface area (Å²) in [5.41, 5.74) is 1.83. The highest BCUT2D eigenvalue weighted by Gasteiger charge is 2.45. The number of ether oxygens (including phenoxy) is 1. The molecule has 136 valence electrons. The zero-order valence-corrected chi connectivity index (χ0v) is 14.9. The van der Waals surface area contributed by atoms with Crippen molar-refractivity contribution in [2.75, 3.05) is 0 Å². The number of esters is 1. The van der Waals surface area contributed by atoms with Gasteiger partial charge in [-0.1, -0.05) is 24.3 Å². The summed E-state index contributed by atoms with van der Waals surface area (Å²) >= 11 is 0. The maximum Gasteiger partial charge on any atom is 0.315 e. The van der Waals surface area contributed by atoms with Crippen LogP contribution in [0.4, 0.5) is 5.69 Å². The summed E-state index contributed by atoms with van der Waals surface area (Å²) < 4.78 is 29.0. The molecule has 9 heteroatoms. The van der Waals surface area contributed by atoms with Crippen LogP contribution in [0.25, 0.3) is 0 Å². The van der Waals surface area contributed by atoms with E-state index in [1.54, 1.807) is 24.3 Å². The van der Waals surface area contributed by atoms with Gasteiger partial charge >= 0.3 is 5.97 Å². The van der Waals surface area contributed by atoms with Crippen LogP contribution in [0, 0.1) is 10.1 Å². The second kappa shape index (κ2) is 7.05. The molecule has 0 bridgehead atoms. The van der Waals surface area contributed by atoms with Crippen LogP contribution in [0.2, 0.25) is 0 Å². The van der Waals surface area contributed by atoms with Crippen LogP contribution in [0.3, 0.4) is 0 Å². The lowest BCUT2D eigenvalue weighted by Gasteiger charge is -2.17. The van der Waals surface area contributed by atoms with Crippen molar-refractivity contribution in [2.24, 2.45) is 0 Å². The smallest absolute Gasteiger partial charge is 0.315 e. The predicted octanol–water partition coefficient (Wildman–Crippen LogP) is 2.92. The second-order valence-electron chi connectivity index (χ2n) is 5.93. The molecule has 7 nitrogen and oxygen atoms in total. The number of halogens is 1. The predicted molar refractivity (Wildman–Crippen MR) is 94.3 cm³/mol. The Bertz CT molecular complexity index is 957. The highest BCUT2D eigenvalue weighted by molar-refractivity contribution is 8.14. The van der Waals surface area contributed by atoms with Crippen LogP contribution in [-0.2, 0) is 31.6 Å². The molecule has 0 spiro atoms. The van der Waals surface area contributed by atoms with Crippen molar-refractivity contribution >= 4 is 31.4 Å². The standard InChI is InChI=1S/C17H14ClNO6S/c18-26(23,24)15-9-12-3-1-2-4-14(12)16(15)17(20)25-10-11-5-7-13(8-6-11)19(21)22/h1-8,15-16H,9-10H2. The van der Waals surface area contributed by atoms with E-state index in [1.165, 1.54) is 24.3 Å². The summed E-state index contributed by atoms with van der Waals surface area (Å²) in [7, 11) is 1.57. The van der Waals surface area contributed by atoms with Crippen molar-refractivity contribution in [2.45, 2.75) is 24.2 Å². The second-order valence-corrected chi connectivity index (χ2v) is 8.77. The fraction of sp³-hybridized carbons (Fsp3) is 0.235. The molecule has 26 heavy (non-hydrogen) atoms. The molecule has 2 aromatic rings. The highest BCUT2D eigenvalue weighted by Crippen LogP contribution is 2.39. The minimum atomic E-state index is -3.97. The van der Waals surface area contributed by atoms with Gasteiger partial charge in [-0.3, -0.25) is 14.9 Å². The van der Waals surface area contributed by atoms with Crippen molar-refractivity contribution in [1.82, 2.24) is 0 Å².